The number of ether oxygens (including phenoxy) is 2. The van der Waals surface area contributed by atoms with Gasteiger partial charge < -0.3 is 24.5 Å². The Kier molecular flexibility index (Phi) is 6.51. The highest BCUT2D eigenvalue weighted by Crippen LogP contribution is 2.41. The predicted octanol–water partition coefficient (Wildman–Crippen LogP) is 3.37. The van der Waals surface area contributed by atoms with Crippen molar-refractivity contribution in [3.8, 4) is 0 Å². The van der Waals surface area contributed by atoms with E-state index in [1.807, 2.05) is 12.1 Å². The summed E-state index contributed by atoms with van der Waals surface area (Å²) in [7, 11) is 1.22. The van der Waals surface area contributed by atoms with Gasteiger partial charge in [-0.15, -0.1) is 0 Å². The van der Waals surface area contributed by atoms with Crippen LogP contribution in [-0.2, 0) is 25.6 Å². The molecule has 2 aliphatic rings. The fraction of sp³-hybridized carbons (Fsp3) is 0.333. The molecule has 178 valence electrons. The number of carbonyl (C=O) groups is 2. The van der Waals surface area contributed by atoms with Crippen molar-refractivity contribution in [1.29, 1.82) is 0 Å². The van der Waals surface area contributed by atoms with Crippen LogP contribution in [0.2, 0.25) is 0 Å². The molecular weight excluding hydrogens is 442 g/mol. The molecule has 2 unspecified atom stereocenters. The van der Waals surface area contributed by atoms with Crippen LogP contribution in [0, 0.1) is 10.1 Å². The monoisotopic (exact) mass is 467 g/mol. The first-order valence-electron chi connectivity index (χ1n) is 10.8. The lowest BCUT2D eigenvalue weighted by Crippen LogP contribution is -2.32. The maximum absolute atomic E-state index is 13.2. The molecule has 2 aliphatic heterocycles. The third-order valence-corrected chi connectivity index (χ3v) is 6.07. The van der Waals surface area contributed by atoms with Gasteiger partial charge in [0.1, 0.15) is 10.7 Å². The molecule has 4 rings (SSSR count). The number of methoxy groups -OCH3 is 1. The van der Waals surface area contributed by atoms with Gasteiger partial charge in [0.15, 0.2) is 0 Å². The van der Waals surface area contributed by atoms with Crippen LogP contribution in [0.1, 0.15) is 49.1 Å². The van der Waals surface area contributed by atoms with Crippen LogP contribution in [0.5, 0.6) is 0 Å². The standard InChI is InChI=1S/C24H25N3O7/c1-13-20(23(28)32-3)22(18-8-9-19(34-18)27(30)31)21(14(2)26-13)24(29)33-11-10-17-16-7-5-4-6-15(16)12-25-17/h4-9,17,22,25-26H,10-12H2,1-3H3. The Bertz CT molecular complexity index is 1210. The summed E-state index contributed by atoms with van der Waals surface area (Å²) in [5.41, 5.74) is 3.57. The lowest BCUT2D eigenvalue weighted by atomic mass is 9.83. The smallest absolute Gasteiger partial charge is 0.433 e. The quantitative estimate of drug-likeness (QED) is 0.357. The number of allylic oxidation sites excluding steroid dienone is 2. The Morgan fingerprint density at radius 2 is 1.82 bits per heavy atom. The molecule has 0 amide bonds. The molecule has 0 aliphatic carbocycles. The number of rotatable bonds is 7. The molecule has 1 aromatic heterocycles. The van der Waals surface area contributed by atoms with Gasteiger partial charge in [-0.1, -0.05) is 24.3 Å². The first kappa shape index (κ1) is 23.2. The number of benzene rings is 1. The third-order valence-electron chi connectivity index (χ3n) is 6.07. The maximum Gasteiger partial charge on any atom is 0.433 e. The molecule has 3 heterocycles. The second kappa shape index (κ2) is 9.52. The fourth-order valence-electron chi connectivity index (χ4n) is 4.51. The molecule has 2 atom stereocenters. The van der Waals surface area contributed by atoms with Crippen molar-refractivity contribution in [2.75, 3.05) is 13.7 Å². The Morgan fingerprint density at radius 1 is 1.12 bits per heavy atom. The van der Waals surface area contributed by atoms with E-state index in [4.69, 9.17) is 13.9 Å². The van der Waals surface area contributed by atoms with E-state index in [-0.39, 0.29) is 29.6 Å². The number of carbonyl (C=O) groups excluding carboxylic acids is 2. The molecule has 0 saturated carbocycles. The molecule has 10 heteroatoms. The van der Waals surface area contributed by atoms with Gasteiger partial charge in [-0.3, -0.25) is 10.1 Å². The zero-order chi connectivity index (χ0) is 24.4. The first-order chi connectivity index (χ1) is 16.3. The number of hydrogen-bond donors (Lipinski definition) is 2. The van der Waals surface area contributed by atoms with E-state index in [1.165, 1.54) is 30.4 Å². The number of fused-ring (bicyclic) bond motifs is 1. The molecule has 34 heavy (non-hydrogen) atoms. The number of esters is 2. The summed E-state index contributed by atoms with van der Waals surface area (Å²) < 4.78 is 15.9. The van der Waals surface area contributed by atoms with Crippen LogP contribution in [-0.4, -0.2) is 30.6 Å². The van der Waals surface area contributed by atoms with Crippen LogP contribution < -0.4 is 10.6 Å². The Hall–Kier alpha value is -3.92. The van der Waals surface area contributed by atoms with E-state index >= 15 is 0 Å². The van der Waals surface area contributed by atoms with Crippen molar-refractivity contribution in [3.63, 3.8) is 0 Å². The molecule has 0 saturated heterocycles. The van der Waals surface area contributed by atoms with Crippen molar-refractivity contribution in [1.82, 2.24) is 10.6 Å². The lowest BCUT2D eigenvalue weighted by Gasteiger charge is -2.28. The van der Waals surface area contributed by atoms with Crippen molar-refractivity contribution in [2.45, 2.75) is 38.8 Å². The summed E-state index contributed by atoms with van der Waals surface area (Å²) >= 11 is 0. The van der Waals surface area contributed by atoms with E-state index in [9.17, 15) is 19.7 Å². The number of nitro groups is 1. The molecule has 10 nitrogen and oxygen atoms in total. The minimum atomic E-state index is -1.01. The van der Waals surface area contributed by atoms with Gasteiger partial charge in [0.2, 0.25) is 0 Å². The summed E-state index contributed by atoms with van der Waals surface area (Å²) in [6.45, 7) is 4.23. The molecular formula is C24H25N3O7. The average Bonchev–Trinajstić information content (AvgIpc) is 3.46. The van der Waals surface area contributed by atoms with Crippen LogP contribution in [0.3, 0.4) is 0 Å². The average molecular weight is 467 g/mol. The van der Waals surface area contributed by atoms with Crippen LogP contribution in [0.25, 0.3) is 0 Å². The van der Waals surface area contributed by atoms with Crippen LogP contribution in [0.15, 0.2) is 63.4 Å². The van der Waals surface area contributed by atoms with Crippen molar-refractivity contribution >= 4 is 17.8 Å². The second-order valence-corrected chi connectivity index (χ2v) is 8.12. The van der Waals surface area contributed by atoms with Gasteiger partial charge in [-0.05, 0) is 31.0 Å². The van der Waals surface area contributed by atoms with Crippen LogP contribution in [0.4, 0.5) is 5.88 Å². The van der Waals surface area contributed by atoms with E-state index in [0.29, 0.717) is 17.8 Å². The van der Waals surface area contributed by atoms with Gasteiger partial charge in [-0.25, -0.2) is 9.59 Å². The minimum absolute atomic E-state index is 0.0693. The van der Waals surface area contributed by atoms with Gasteiger partial charge in [0.05, 0.1) is 36.8 Å². The summed E-state index contributed by atoms with van der Waals surface area (Å²) in [5, 5.41) is 17.6. The third kappa shape index (κ3) is 4.32. The number of hydrogen-bond acceptors (Lipinski definition) is 9. The molecule has 2 N–H and O–H groups in total. The zero-order valence-electron chi connectivity index (χ0n) is 19.0. The van der Waals surface area contributed by atoms with Gasteiger partial charge in [-0.2, -0.15) is 0 Å². The first-order valence-corrected chi connectivity index (χ1v) is 10.8. The zero-order valence-corrected chi connectivity index (χ0v) is 19.0. The summed E-state index contributed by atoms with van der Waals surface area (Å²) in [6, 6.07) is 10.7. The maximum atomic E-state index is 13.2. The summed E-state index contributed by atoms with van der Waals surface area (Å²) in [4.78, 5) is 36.3. The number of dihydropyridines is 1. The topological polar surface area (TPSA) is 133 Å². The fourth-order valence-corrected chi connectivity index (χ4v) is 4.51. The number of furan rings is 1. The molecule has 2 aromatic rings. The van der Waals surface area contributed by atoms with E-state index < -0.39 is 28.7 Å². The highest BCUT2D eigenvalue weighted by atomic mass is 16.6. The Morgan fingerprint density at radius 3 is 2.50 bits per heavy atom. The largest absolute Gasteiger partial charge is 0.466 e. The Labute approximate surface area is 195 Å². The normalized spacial score (nSPS) is 19.5. The molecule has 0 radical (unpaired) electrons. The lowest BCUT2D eigenvalue weighted by molar-refractivity contribution is -0.402. The molecule has 0 spiro atoms. The van der Waals surface area contributed by atoms with Crippen molar-refractivity contribution < 1.29 is 28.4 Å². The number of nitrogens with zero attached hydrogens (tertiary/aromatic N) is 1. The van der Waals surface area contributed by atoms with Crippen LogP contribution >= 0.6 is 0 Å². The summed E-state index contributed by atoms with van der Waals surface area (Å²) in [6.07, 6.45) is 0.568. The van der Waals surface area contributed by atoms with Crippen molar-refractivity contribution in [3.05, 3.63) is 85.9 Å². The minimum Gasteiger partial charge on any atom is -0.466 e. The van der Waals surface area contributed by atoms with E-state index in [1.54, 1.807) is 13.8 Å². The van der Waals surface area contributed by atoms with Gasteiger partial charge in [0, 0.05) is 30.4 Å². The molecule has 1 aromatic carbocycles. The Balaban J connectivity index is 1.57. The van der Waals surface area contributed by atoms with Gasteiger partial charge >= 0.3 is 17.8 Å². The molecule has 0 bridgehead atoms. The number of nitrogens with one attached hydrogen (secondary N) is 2. The van der Waals surface area contributed by atoms with E-state index in [2.05, 4.69) is 22.8 Å². The summed E-state index contributed by atoms with van der Waals surface area (Å²) in [5.74, 6) is -2.76. The predicted molar refractivity (Wildman–Crippen MR) is 120 cm³/mol. The highest BCUT2D eigenvalue weighted by Gasteiger charge is 2.40. The van der Waals surface area contributed by atoms with Gasteiger partial charge in [0.25, 0.3) is 0 Å². The molecule has 0 fully saturated rings. The second-order valence-electron chi connectivity index (χ2n) is 8.12. The van der Waals surface area contributed by atoms with E-state index in [0.717, 1.165) is 6.54 Å². The van der Waals surface area contributed by atoms with Crippen molar-refractivity contribution in [2.24, 2.45) is 0 Å². The highest BCUT2D eigenvalue weighted by molar-refractivity contribution is 5.99. The SMILES string of the molecule is COC(=O)C1=C(C)NC(C)=C(C(=O)OCCC2NCc3ccccc32)C1c1ccc([N+](=O)[O-])o1.